The summed E-state index contributed by atoms with van der Waals surface area (Å²) in [5, 5.41) is 0. The lowest BCUT2D eigenvalue weighted by molar-refractivity contribution is 0.592. The van der Waals surface area contributed by atoms with Crippen molar-refractivity contribution in [2.24, 2.45) is 0 Å². The van der Waals surface area contributed by atoms with Crippen LogP contribution < -0.4 is 0 Å². The molecule has 0 atom stereocenters. The second-order valence-electron chi connectivity index (χ2n) is 3.34. The molecule has 0 nitrogen and oxygen atoms in total. The van der Waals surface area contributed by atoms with Gasteiger partial charge in [0.1, 0.15) is 0 Å². The molecule has 0 heterocycles. The summed E-state index contributed by atoms with van der Waals surface area (Å²) in [6.07, 6.45) is 13.4. The lowest BCUT2D eigenvalue weighted by atomic mass is 9.98. The van der Waals surface area contributed by atoms with Crippen LogP contribution in [-0.4, -0.2) is 7.85 Å². The van der Waals surface area contributed by atoms with Crippen molar-refractivity contribution in [1.82, 2.24) is 0 Å². The second kappa shape index (κ2) is 10.8. The van der Waals surface area contributed by atoms with Gasteiger partial charge in [0.2, 0.25) is 0 Å². The highest BCUT2D eigenvalue weighted by molar-refractivity contribution is 6.08. The Labute approximate surface area is 78.9 Å². The van der Waals surface area contributed by atoms with E-state index in [1.165, 1.54) is 51.4 Å². The maximum atomic E-state index is 5.40. The predicted octanol–water partition coefficient (Wildman–Crippen LogP) is 3.88. The van der Waals surface area contributed by atoms with E-state index < -0.39 is 0 Å². The van der Waals surface area contributed by atoms with E-state index in [0.717, 1.165) is 6.32 Å². The van der Waals surface area contributed by atoms with E-state index in [9.17, 15) is 0 Å². The molecule has 0 N–H and O–H groups in total. The predicted molar refractivity (Wildman–Crippen MR) is 57.7 cm³/mol. The van der Waals surface area contributed by atoms with E-state index in [4.69, 9.17) is 7.85 Å². The average Bonchev–Trinajstić information content (AvgIpc) is 2.10. The molecule has 0 bridgehead atoms. The van der Waals surface area contributed by atoms with Crippen molar-refractivity contribution in [2.45, 2.75) is 57.7 Å². The van der Waals surface area contributed by atoms with Crippen LogP contribution >= 0.6 is 0 Å². The lowest BCUT2D eigenvalue weighted by Gasteiger charge is -1.99. The third kappa shape index (κ3) is 9.80. The number of rotatable bonds is 9. The van der Waals surface area contributed by atoms with Gasteiger partial charge < -0.3 is 0 Å². The monoisotopic (exact) mass is 164 g/mol. The molecular weight excluding hydrogens is 143 g/mol. The van der Waals surface area contributed by atoms with Crippen molar-refractivity contribution in [3.63, 3.8) is 0 Å². The minimum atomic E-state index is 0.858. The zero-order valence-corrected chi connectivity index (χ0v) is 8.23. The molecule has 0 amide bonds. The van der Waals surface area contributed by atoms with Gasteiger partial charge in [0, 0.05) is 0 Å². The highest BCUT2D eigenvalue weighted by atomic mass is 13.9. The molecule has 0 aromatic heterocycles. The molecule has 0 spiro atoms. The van der Waals surface area contributed by atoms with Gasteiger partial charge in [-0.2, -0.15) is 0 Å². The normalized spacial score (nSPS) is 10.0. The molecular formula is C11H21B. The Kier molecular flexibility index (Phi) is 10.6. The molecule has 68 valence electrons. The van der Waals surface area contributed by atoms with Crippen LogP contribution in [0.1, 0.15) is 51.4 Å². The average molecular weight is 164 g/mol. The highest BCUT2D eigenvalue weighted by Gasteiger charge is 1.89. The molecule has 0 aliphatic rings. The first kappa shape index (κ1) is 11.8. The van der Waals surface area contributed by atoms with Crippen LogP contribution in [0.15, 0.2) is 12.7 Å². The quantitative estimate of drug-likeness (QED) is 0.275. The van der Waals surface area contributed by atoms with Gasteiger partial charge in [-0.15, -0.1) is 6.58 Å². The van der Waals surface area contributed by atoms with E-state index in [1.54, 1.807) is 0 Å². The summed E-state index contributed by atoms with van der Waals surface area (Å²) in [5.41, 5.74) is 0. The van der Waals surface area contributed by atoms with E-state index in [2.05, 4.69) is 6.58 Å². The molecule has 0 fully saturated rings. The zero-order chi connectivity index (χ0) is 9.07. The fraction of sp³-hybridized carbons (Fsp3) is 0.818. The number of unbranched alkanes of at least 4 members (excludes halogenated alkanes) is 7. The van der Waals surface area contributed by atoms with Gasteiger partial charge >= 0.3 is 0 Å². The van der Waals surface area contributed by atoms with Crippen LogP contribution in [0.3, 0.4) is 0 Å². The first-order chi connectivity index (χ1) is 5.91. The topological polar surface area (TPSA) is 0 Å². The van der Waals surface area contributed by atoms with Crippen LogP contribution in [0.2, 0.25) is 6.32 Å². The summed E-state index contributed by atoms with van der Waals surface area (Å²) in [5.74, 6) is 0. The summed E-state index contributed by atoms with van der Waals surface area (Å²) >= 11 is 0. The Morgan fingerprint density at radius 1 is 0.833 bits per heavy atom. The van der Waals surface area contributed by atoms with E-state index >= 15 is 0 Å². The van der Waals surface area contributed by atoms with Gasteiger partial charge in [0.25, 0.3) is 0 Å². The van der Waals surface area contributed by atoms with Crippen LogP contribution in [0, 0.1) is 0 Å². The number of hydrogen-bond donors (Lipinski definition) is 0. The molecule has 0 aromatic carbocycles. The van der Waals surface area contributed by atoms with Crippen molar-refractivity contribution in [2.75, 3.05) is 0 Å². The van der Waals surface area contributed by atoms with E-state index in [-0.39, 0.29) is 0 Å². The molecule has 0 aliphatic heterocycles. The largest absolute Gasteiger partial charge is 0.103 e. The Morgan fingerprint density at radius 2 is 1.33 bits per heavy atom. The smallest absolute Gasteiger partial charge is 0.0653 e. The lowest BCUT2D eigenvalue weighted by Crippen LogP contribution is -1.80. The Hall–Kier alpha value is -0.195. The van der Waals surface area contributed by atoms with Gasteiger partial charge in [-0.05, 0) is 12.8 Å². The highest BCUT2D eigenvalue weighted by Crippen LogP contribution is 2.09. The number of hydrogen-bond acceptors (Lipinski definition) is 0. The fourth-order valence-electron chi connectivity index (χ4n) is 1.32. The molecule has 2 radical (unpaired) electrons. The fourth-order valence-corrected chi connectivity index (χ4v) is 1.32. The van der Waals surface area contributed by atoms with E-state index in [0.29, 0.717) is 0 Å². The van der Waals surface area contributed by atoms with Crippen LogP contribution in [0.25, 0.3) is 0 Å². The molecule has 0 saturated heterocycles. The molecule has 0 aliphatic carbocycles. The summed E-state index contributed by atoms with van der Waals surface area (Å²) in [6.45, 7) is 3.71. The Morgan fingerprint density at radius 3 is 1.83 bits per heavy atom. The molecule has 0 rings (SSSR count). The van der Waals surface area contributed by atoms with Crippen LogP contribution in [0.4, 0.5) is 0 Å². The molecule has 0 unspecified atom stereocenters. The maximum Gasteiger partial charge on any atom is 0.0653 e. The van der Waals surface area contributed by atoms with Gasteiger partial charge in [0.15, 0.2) is 0 Å². The first-order valence-electron chi connectivity index (χ1n) is 5.22. The summed E-state index contributed by atoms with van der Waals surface area (Å²) < 4.78 is 0. The Balaban J connectivity index is 2.77. The van der Waals surface area contributed by atoms with E-state index in [1.807, 2.05) is 6.08 Å². The van der Waals surface area contributed by atoms with Crippen LogP contribution in [0.5, 0.6) is 0 Å². The number of allylic oxidation sites excluding steroid dienone is 1. The van der Waals surface area contributed by atoms with Gasteiger partial charge in [0.05, 0.1) is 7.85 Å². The maximum absolute atomic E-state index is 5.40. The van der Waals surface area contributed by atoms with Crippen LogP contribution in [-0.2, 0) is 0 Å². The van der Waals surface area contributed by atoms with Gasteiger partial charge in [-0.1, -0.05) is 50.9 Å². The van der Waals surface area contributed by atoms with Crippen molar-refractivity contribution >= 4 is 7.85 Å². The van der Waals surface area contributed by atoms with Crippen molar-refractivity contribution in [1.29, 1.82) is 0 Å². The summed E-state index contributed by atoms with van der Waals surface area (Å²) in [6, 6.07) is 0. The summed E-state index contributed by atoms with van der Waals surface area (Å²) in [7, 11) is 5.40. The summed E-state index contributed by atoms with van der Waals surface area (Å²) in [4.78, 5) is 0. The molecule has 0 saturated carbocycles. The minimum Gasteiger partial charge on any atom is -0.103 e. The second-order valence-corrected chi connectivity index (χ2v) is 3.34. The third-order valence-corrected chi connectivity index (χ3v) is 2.11. The first-order valence-corrected chi connectivity index (χ1v) is 5.22. The Bertz CT molecular complexity index is 89.0. The van der Waals surface area contributed by atoms with Crippen molar-refractivity contribution < 1.29 is 0 Å². The van der Waals surface area contributed by atoms with Crippen molar-refractivity contribution in [3.05, 3.63) is 12.7 Å². The SMILES string of the molecule is [B]CCCCCCCCCC=C. The van der Waals surface area contributed by atoms with Gasteiger partial charge in [-0.3, -0.25) is 0 Å². The zero-order valence-electron chi connectivity index (χ0n) is 8.23. The molecule has 1 heteroatoms. The third-order valence-electron chi connectivity index (χ3n) is 2.11. The minimum absolute atomic E-state index is 0.858. The molecule has 12 heavy (non-hydrogen) atoms. The molecule has 0 aromatic rings. The standard InChI is InChI=1S/C11H21B/c1-2-3-4-5-6-7-8-9-10-11-12/h2H,1,3-11H2. The van der Waals surface area contributed by atoms with Crippen molar-refractivity contribution in [3.8, 4) is 0 Å². The van der Waals surface area contributed by atoms with Gasteiger partial charge in [-0.25, -0.2) is 0 Å².